The topological polar surface area (TPSA) is 37.6 Å². The molecule has 0 unspecified atom stereocenters. The number of hydrogen-bond acceptors (Lipinski definition) is 2. The molecule has 0 spiro atoms. The molecule has 0 aliphatic heterocycles. The SMILES string of the molecule is Cc1nc2cc(Cl)ccn2c1C(=O)N(Cc1ccccc1)c1ccccc1. The zero-order valence-corrected chi connectivity index (χ0v) is 15.6. The summed E-state index contributed by atoms with van der Waals surface area (Å²) in [6.45, 7) is 2.32. The summed E-state index contributed by atoms with van der Waals surface area (Å²) in [4.78, 5) is 19.8. The maximum absolute atomic E-state index is 13.6. The molecule has 0 atom stereocenters. The monoisotopic (exact) mass is 375 g/mol. The molecule has 4 nitrogen and oxygen atoms in total. The van der Waals surface area contributed by atoms with Crippen LogP contribution in [0, 0.1) is 6.92 Å². The molecule has 0 aliphatic rings. The van der Waals surface area contributed by atoms with Crippen molar-refractivity contribution >= 4 is 28.8 Å². The van der Waals surface area contributed by atoms with Crippen molar-refractivity contribution in [3.05, 3.63) is 101 Å². The van der Waals surface area contributed by atoms with Gasteiger partial charge in [0.1, 0.15) is 11.3 Å². The molecule has 0 N–H and O–H groups in total. The molecular weight excluding hydrogens is 358 g/mol. The van der Waals surface area contributed by atoms with E-state index in [2.05, 4.69) is 4.98 Å². The number of fused-ring (bicyclic) bond motifs is 1. The summed E-state index contributed by atoms with van der Waals surface area (Å²) in [7, 11) is 0. The summed E-state index contributed by atoms with van der Waals surface area (Å²) in [5, 5.41) is 0.593. The molecule has 2 aromatic heterocycles. The molecule has 0 saturated heterocycles. The van der Waals surface area contributed by atoms with Crippen molar-refractivity contribution in [2.45, 2.75) is 13.5 Å². The minimum Gasteiger partial charge on any atom is -0.303 e. The van der Waals surface area contributed by atoms with Gasteiger partial charge in [0, 0.05) is 23.0 Å². The van der Waals surface area contributed by atoms with Gasteiger partial charge in [-0.25, -0.2) is 4.98 Å². The van der Waals surface area contributed by atoms with Crippen LogP contribution < -0.4 is 4.90 Å². The van der Waals surface area contributed by atoms with Crippen LogP contribution in [0.15, 0.2) is 79.0 Å². The van der Waals surface area contributed by atoms with Gasteiger partial charge >= 0.3 is 0 Å². The lowest BCUT2D eigenvalue weighted by atomic mass is 10.1. The second-order valence-corrected chi connectivity index (χ2v) is 6.77. The van der Waals surface area contributed by atoms with Crippen molar-refractivity contribution < 1.29 is 4.79 Å². The number of anilines is 1. The summed E-state index contributed by atoms with van der Waals surface area (Å²) in [6.07, 6.45) is 1.79. The van der Waals surface area contributed by atoms with Gasteiger partial charge in [-0.3, -0.25) is 9.20 Å². The Hall–Kier alpha value is -3.11. The van der Waals surface area contributed by atoms with Gasteiger partial charge in [-0.2, -0.15) is 0 Å². The molecule has 2 aromatic carbocycles. The highest BCUT2D eigenvalue weighted by Crippen LogP contribution is 2.23. The molecule has 4 rings (SSSR count). The van der Waals surface area contributed by atoms with E-state index in [4.69, 9.17) is 11.6 Å². The summed E-state index contributed by atoms with van der Waals surface area (Å²) >= 11 is 6.08. The number of amides is 1. The average molecular weight is 376 g/mol. The Bertz CT molecular complexity index is 1090. The Morgan fingerprint density at radius 3 is 2.41 bits per heavy atom. The fraction of sp³-hybridized carbons (Fsp3) is 0.0909. The number of hydrogen-bond donors (Lipinski definition) is 0. The number of imidazole rings is 1. The number of pyridine rings is 1. The van der Waals surface area contributed by atoms with Crippen LogP contribution in [0.5, 0.6) is 0 Å². The van der Waals surface area contributed by atoms with E-state index in [1.54, 1.807) is 27.6 Å². The third-order valence-electron chi connectivity index (χ3n) is 4.46. The van der Waals surface area contributed by atoms with Crippen LogP contribution in [0.2, 0.25) is 5.02 Å². The van der Waals surface area contributed by atoms with Crippen molar-refractivity contribution in [1.29, 1.82) is 0 Å². The number of para-hydroxylation sites is 1. The zero-order chi connectivity index (χ0) is 18.8. The zero-order valence-electron chi connectivity index (χ0n) is 14.8. The van der Waals surface area contributed by atoms with Crippen molar-refractivity contribution in [3.8, 4) is 0 Å². The smallest absolute Gasteiger partial charge is 0.277 e. The molecule has 2 heterocycles. The van der Waals surface area contributed by atoms with E-state index in [-0.39, 0.29) is 5.91 Å². The normalized spacial score (nSPS) is 10.9. The fourth-order valence-corrected chi connectivity index (χ4v) is 3.33. The second-order valence-electron chi connectivity index (χ2n) is 6.33. The van der Waals surface area contributed by atoms with Crippen LogP contribution in [-0.2, 0) is 6.54 Å². The molecule has 4 aromatic rings. The highest BCUT2D eigenvalue weighted by atomic mass is 35.5. The number of nitrogens with zero attached hydrogens (tertiary/aromatic N) is 3. The first-order valence-corrected chi connectivity index (χ1v) is 9.06. The lowest BCUT2D eigenvalue weighted by Crippen LogP contribution is -2.31. The number of carbonyl (C=O) groups excluding carboxylic acids is 1. The van der Waals surface area contributed by atoms with Crippen LogP contribution in [-0.4, -0.2) is 15.3 Å². The van der Waals surface area contributed by atoms with Crippen molar-refractivity contribution in [2.24, 2.45) is 0 Å². The first-order chi connectivity index (χ1) is 13.1. The third-order valence-corrected chi connectivity index (χ3v) is 4.70. The van der Waals surface area contributed by atoms with Crippen LogP contribution in [0.1, 0.15) is 21.7 Å². The average Bonchev–Trinajstić information content (AvgIpc) is 3.02. The predicted molar refractivity (Wildman–Crippen MR) is 108 cm³/mol. The second kappa shape index (κ2) is 7.25. The predicted octanol–water partition coefficient (Wildman–Crippen LogP) is 5.14. The fourth-order valence-electron chi connectivity index (χ4n) is 3.18. The number of halogens is 1. The molecule has 5 heteroatoms. The first kappa shape index (κ1) is 17.3. The molecule has 134 valence electrons. The molecular formula is C22H18ClN3O. The van der Waals surface area contributed by atoms with Crippen LogP contribution in [0.25, 0.3) is 5.65 Å². The molecule has 0 radical (unpaired) electrons. The Kier molecular flexibility index (Phi) is 4.65. The van der Waals surface area contributed by atoms with Crippen molar-refractivity contribution in [2.75, 3.05) is 4.90 Å². The standard InChI is InChI=1S/C22H18ClN3O/c1-16-21(25-13-12-18(23)14-20(25)24-16)22(27)26(19-10-6-3-7-11-19)15-17-8-4-2-5-9-17/h2-14H,15H2,1H3. The van der Waals surface area contributed by atoms with E-state index in [1.807, 2.05) is 67.6 Å². The summed E-state index contributed by atoms with van der Waals surface area (Å²) in [5.41, 5.74) is 3.78. The maximum Gasteiger partial charge on any atom is 0.277 e. The molecule has 1 amide bonds. The van der Waals surface area contributed by atoms with Gasteiger partial charge in [-0.1, -0.05) is 60.1 Å². The molecule has 27 heavy (non-hydrogen) atoms. The lowest BCUT2D eigenvalue weighted by Gasteiger charge is -2.23. The van der Waals surface area contributed by atoms with Gasteiger partial charge in [0.25, 0.3) is 5.91 Å². The number of aromatic nitrogens is 2. The highest BCUT2D eigenvalue weighted by molar-refractivity contribution is 6.30. The van der Waals surface area contributed by atoms with E-state index < -0.39 is 0 Å². The minimum absolute atomic E-state index is 0.0997. The maximum atomic E-state index is 13.6. The van der Waals surface area contributed by atoms with Gasteiger partial charge in [0.2, 0.25) is 0 Å². The summed E-state index contributed by atoms with van der Waals surface area (Å²) in [5.74, 6) is -0.0997. The van der Waals surface area contributed by atoms with Gasteiger partial charge in [-0.05, 0) is 30.7 Å². The molecule has 0 fully saturated rings. The molecule has 0 saturated carbocycles. The number of carbonyl (C=O) groups is 1. The number of benzene rings is 2. The van der Waals surface area contributed by atoms with E-state index in [1.165, 1.54) is 0 Å². The molecule has 0 bridgehead atoms. The summed E-state index contributed by atoms with van der Waals surface area (Å²) < 4.78 is 1.80. The van der Waals surface area contributed by atoms with Gasteiger partial charge in [0.05, 0.1) is 12.2 Å². The van der Waals surface area contributed by atoms with Crippen LogP contribution in [0.4, 0.5) is 5.69 Å². The largest absolute Gasteiger partial charge is 0.303 e. The molecule has 0 aliphatic carbocycles. The van der Waals surface area contributed by atoms with E-state index in [0.29, 0.717) is 28.6 Å². The highest BCUT2D eigenvalue weighted by Gasteiger charge is 2.24. The number of rotatable bonds is 4. The van der Waals surface area contributed by atoms with Crippen LogP contribution >= 0.6 is 11.6 Å². The number of aryl methyl sites for hydroxylation is 1. The van der Waals surface area contributed by atoms with Crippen molar-refractivity contribution in [1.82, 2.24) is 9.38 Å². The Morgan fingerprint density at radius 2 is 1.70 bits per heavy atom. The van der Waals surface area contributed by atoms with Crippen LogP contribution in [0.3, 0.4) is 0 Å². The van der Waals surface area contributed by atoms with E-state index in [0.717, 1.165) is 11.3 Å². The first-order valence-electron chi connectivity index (χ1n) is 8.68. The lowest BCUT2D eigenvalue weighted by molar-refractivity contribution is 0.0979. The Morgan fingerprint density at radius 1 is 1.04 bits per heavy atom. The summed E-state index contributed by atoms with van der Waals surface area (Å²) in [6, 6.07) is 23.2. The van der Waals surface area contributed by atoms with Gasteiger partial charge < -0.3 is 4.90 Å². The van der Waals surface area contributed by atoms with E-state index >= 15 is 0 Å². The third kappa shape index (κ3) is 3.44. The Balaban J connectivity index is 1.80. The Labute approximate surface area is 162 Å². The quantitative estimate of drug-likeness (QED) is 0.495. The minimum atomic E-state index is -0.0997. The van der Waals surface area contributed by atoms with Gasteiger partial charge in [-0.15, -0.1) is 0 Å². The van der Waals surface area contributed by atoms with E-state index in [9.17, 15) is 4.79 Å². The van der Waals surface area contributed by atoms with Crippen molar-refractivity contribution in [3.63, 3.8) is 0 Å². The van der Waals surface area contributed by atoms with Gasteiger partial charge in [0.15, 0.2) is 0 Å².